The van der Waals surface area contributed by atoms with Crippen LogP contribution in [0.4, 0.5) is 13.2 Å². The van der Waals surface area contributed by atoms with Gasteiger partial charge in [0, 0.05) is 11.9 Å². The summed E-state index contributed by atoms with van der Waals surface area (Å²) in [4.78, 5) is 3.57. The number of rotatable bonds is 4. The van der Waals surface area contributed by atoms with Gasteiger partial charge in [-0.05, 0) is 12.1 Å². The topological polar surface area (TPSA) is 73.1 Å². The molecular weight excluding hydrogens is 277 g/mol. The third-order valence-corrected chi connectivity index (χ3v) is 3.72. The number of nitrogens with zero attached hydrogens (tertiary/aromatic N) is 1. The van der Waals surface area contributed by atoms with Crippen LogP contribution in [0.3, 0.4) is 0 Å². The number of thioether (sulfide) groups is 1. The van der Waals surface area contributed by atoms with Gasteiger partial charge >= 0.3 is 6.18 Å². The minimum atomic E-state index is -4.50. The van der Waals surface area contributed by atoms with Crippen LogP contribution < -0.4 is 5.14 Å². The second-order valence-electron chi connectivity index (χ2n) is 3.07. The molecule has 0 radical (unpaired) electrons. The van der Waals surface area contributed by atoms with Gasteiger partial charge in [0.25, 0.3) is 0 Å². The van der Waals surface area contributed by atoms with Crippen molar-refractivity contribution in [2.75, 3.05) is 11.5 Å². The maximum atomic E-state index is 12.5. The number of primary sulfonamides is 1. The molecule has 9 heteroatoms. The molecule has 0 saturated heterocycles. The largest absolute Gasteiger partial charge is 0.419 e. The zero-order valence-corrected chi connectivity index (χ0v) is 10.1. The first kappa shape index (κ1) is 14.3. The molecule has 0 aromatic carbocycles. The lowest BCUT2D eigenvalue weighted by atomic mass is 10.3. The average Bonchev–Trinajstić information content (AvgIpc) is 2.15. The van der Waals surface area contributed by atoms with E-state index in [1.54, 1.807) is 0 Å². The summed E-state index contributed by atoms with van der Waals surface area (Å²) in [7, 11) is -3.67. The van der Waals surface area contributed by atoms with Crippen LogP contribution in [0.25, 0.3) is 0 Å². The van der Waals surface area contributed by atoms with Crippen LogP contribution in [-0.4, -0.2) is 24.9 Å². The van der Waals surface area contributed by atoms with E-state index in [0.717, 1.165) is 6.07 Å². The molecule has 0 fully saturated rings. The van der Waals surface area contributed by atoms with E-state index in [2.05, 4.69) is 4.98 Å². The highest BCUT2D eigenvalue weighted by Gasteiger charge is 2.33. The summed E-state index contributed by atoms with van der Waals surface area (Å²) < 4.78 is 58.8. The Hall–Kier alpha value is -0.800. The standard InChI is InChI=1S/C8H9F3N2O2S2/c9-8(10,11)6-2-1-3-13-7(6)16-4-5-17(12,14)15/h1-3H,4-5H2,(H2,12,14,15). The molecule has 0 unspecified atom stereocenters. The molecule has 0 saturated carbocycles. The Labute approximate surface area is 100 Å². The number of nitrogens with two attached hydrogens (primary N) is 1. The van der Waals surface area contributed by atoms with E-state index in [1.165, 1.54) is 12.3 Å². The maximum Gasteiger partial charge on any atom is 0.419 e. The van der Waals surface area contributed by atoms with E-state index in [4.69, 9.17) is 5.14 Å². The van der Waals surface area contributed by atoms with Crippen LogP contribution in [0.5, 0.6) is 0 Å². The van der Waals surface area contributed by atoms with Gasteiger partial charge in [-0.3, -0.25) is 0 Å². The Morgan fingerprint density at radius 2 is 2.06 bits per heavy atom. The number of alkyl halides is 3. The first-order valence-corrected chi connectivity index (χ1v) is 7.06. The Morgan fingerprint density at radius 3 is 2.59 bits per heavy atom. The van der Waals surface area contributed by atoms with E-state index in [0.29, 0.717) is 11.8 Å². The molecule has 1 heterocycles. The van der Waals surface area contributed by atoms with E-state index in [-0.39, 0.29) is 10.8 Å². The summed E-state index contributed by atoms with van der Waals surface area (Å²) in [5.41, 5.74) is -0.876. The molecular formula is C8H9F3N2O2S2. The highest BCUT2D eigenvalue weighted by atomic mass is 32.2. The van der Waals surface area contributed by atoms with Crippen LogP contribution in [0.2, 0.25) is 0 Å². The summed E-state index contributed by atoms with van der Waals surface area (Å²) in [6, 6.07) is 2.07. The normalized spacial score (nSPS) is 12.7. The molecule has 1 aromatic rings. The third-order valence-electron chi connectivity index (χ3n) is 1.68. The summed E-state index contributed by atoms with van der Waals surface area (Å²) in [5, 5.41) is 4.49. The number of sulfonamides is 1. The number of hydrogen-bond donors (Lipinski definition) is 1. The molecule has 17 heavy (non-hydrogen) atoms. The van der Waals surface area contributed by atoms with Crippen molar-refractivity contribution in [3.05, 3.63) is 23.9 Å². The van der Waals surface area contributed by atoms with Crippen LogP contribution >= 0.6 is 11.8 Å². The second kappa shape index (κ2) is 5.23. The first-order chi connectivity index (χ1) is 7.70. The van der Waals surface area contributed by atoms with Crippen molar-refractivity contribution in [1.82, 2.24) is 4.98 Å². The quantitative estimate of drug-likeness (QED) is 0.851. The van der Waals surface area contributed by atoms with Crippen LogP contribution in [0.1, 0.15) is 5.56 Å². The highest BCUT2D eigenvalue weighted by Crippen LogP contribution is 2.35. The lowest BCUT2D eigenvalue weighted by molar-refractivity contribution is -0.140. The number of pyridine rings is 1. The fourth-order valence-corrected chi connectivity index (χ4v) is 2.91. The van der Waals surface area contributed by atoms with Gasteiger partial charge in [0.2, 0.25) is 10.0 Å². The monoisotopic (exact) mass is 286 g/mol. The van der Waals surface area contributed by atoms with Gasteiger partial charge in [-0.1, -0.05) is 0 Å². The van der Waals surface area contributed by atoms with Crippen molar-refractivity contribution >= 4 is 21.8 Å². The molecule has 0 amide bonds. The summed E-state index contributed by atoms with van der Waals surface area (Å²) in [6.07, 6.45) is -3.29. The number of hydrogen-bond acceptors (Lipinski definition) is 4. The predicted molar refractivity (Wildman–Crippen MR) is 57.9 cm³/mol. The van der Waals surface area contributed by atoms with Crippen molar-refractivity contribution in [2.24, 2.45) is 5.14 Å². The van der Waals surface area contributed by atoms with Gasteiger partial charge in [-0.15, -0.1) is 11.8 Å². The summed E-state index contributed by atoms with van der Waals surface area (Å²) in [6.45, 7) is 0. The molecule has 0 atom stereocenters. The Balaban J connectivity index is 2.78. The Morgan fingerprint density at radius 1 is 1.41 bits per heavy atom. The third kappa shape index (κ3) is 4.92. The molecule has 0 aliphatic rings. The molecule has 0 bridgehead atoms. The lowest BCUT2D eigenvalue weighted by Gasteiger charge is -2.10. The molecule has 1 aromatic heterocycles. The zero-order chi connectivity index (χ0) is 13.1. The second-order valence-corrected chi connectivity index (χ2v) is 5.89. The Bertz CT molecular complexity index is 488. The van der Waals surface area contributed by atoms with Gasteiger partial charge in [0.1, 0.15) is 5.03 Å². The zero-order valence-electron chi connectivity index (χ0n) is 8.44. The van der Waals surface area contributed by atoms with E-state index in [1.807, 2.05) is 0 Å². The Kier molecular flexibility index (Phi) is 4.39. The summed E-state index contributed by atoms with van der Waals surface area (Å²) in [5.74, 6) is -0.468. The minimum absolute atomic E-state index is 0.0705. The van der Waals surface area contributed by atoms with Crippen molar-refractivity contribution in [3.8, 4) is 0 Å². The van der Waals surface area contributed by atoms with Crippen LogP contribution in [0, 0.1) is 0 Å². The van der Waals surface area contributed by atoms with Crippen LogP contribution in [-0.2, 0) is 16.2 Å². The SMILES string of the molecule is NS(=O)(=O)CCSc1ncccc1C(F)(F)F. The molecule has 1 rings (SSSR count). The highest BCUT2D eigenvalue weighted by molar-refractivity contribution is 8.00. The molecule has 0 aliphatic carbocycles. The fourth-order valence-electron chi connectivity index (χ4n) is 0.976. The van der Waals surface area contributed by atoms with E-state index < -0.39 is 27.5 Å². The minimum Gasteiger partial charge on any atom is -0.249 e. The molecule has 2 N–H and O–H groups in total. The smallest absolute Gasteiger partial charge is 0.249 e. The van der Waals surface area contributed by atoms with Crippen molar-refractivity contribution in [2.45, 2.75) is 11.2 Å². The van der Waals surface area contributed by atoms with Gasteiger partial charge < -0.3 is 0 Å². The summed E-state index contributed by atoms with van der Waals surface area (Å²) >= 11 is 0.711. The van der Waals surface area contributed by atoms with E-state index in [9.17, 15) is 21.6 Å². The van der Waals surface area contributed by atoms with E-state index >= 15 is 0 Å². The average molecular weight is 286 g/mol. The maximum absolute atomic E-state index is 12.5. The van der Waals surface area contributed by atoms with Crippen molar-refractivity contribution in [3.63, 3.8) is 0 Å². The van der Waals surface area contributed by atoms with Gasteiger partial charge in [0.15, 0.2) is 0 Å². The number of halogens is 3. The molecule has 4 nitrogen and oxygen atoms in total. The molecule has 0 spiro atoms. The van der Waals surface area contributed by atoms with Crippen molar-refractivity contribution < 1.29 is 21.6 Å². The molecule has 0 aliphatic heterocycles. The van der Waals surface area contributed by atoms with Crippen LogP contribution in [0.15, 0.2) is 23.4 Å². The number of aromatic nitrogens is 1. The van der Waals surface area contributed by atoms with Gasteiger partial charge in [0.05, 0.1) is 11.3 Å². The first-order valence-electron chi connectivity index (χ1n) is 4.35. The van der Waals surface area contributed by atoms with Gasteiger partial charge in [-0.25, -0.2) is 18.5 Å². The van der Waals surface area contributed by atoms with Gasteiger partial charge in [-0.2, -0.15) is 13.2 Å². The predicted octanol–water partition coefficient (Wildman–Crippen LogP) is 1.48. The molecule has 96 valence electrons. The lowest BCUT2D eigenvalue weighted by Crippen LogP contribution is -2.18. The fraction of sp³-hybridized carbons (Fsp3) is 0.375. The van der Waals surface area contributed by atoms with Crippen molar-refractivity contribution in [1.29, 1.82) is 0 Å².